The number of carbonyl (C=O) groups excluding carboxylic acids is 1. The van der Waals surface area contributed by atoms with E-state index in [1.165, 1.54) is 24.1 Å². The van der Waals surface area contributed by atoms with Crippen molar-refractivity contribution in [3.63, 3.8) is 0 Å². The number of rotatable bonds is 7. The van der Waals surface area contributed by atoms with Gasteiger partial charge in [0.15, 0.2) is 0 Å². The normalized spacial score (nSPS) is 10.7. The Morgan fingerprint density at radius 3 is 2.38 bits per heavy atom. The van der Waals surface area contributed by atoms with Crippen LogP contribution in [0, 0.1) is 0 Å². The third-order valence-corrected chi connectivity index (χ3v) is 4.92. The van der Waals surface area contributed by atoms with E-state index < -0.39 is 5.97 Å². The summed E-state index contributed by atoms with van der Waals surface area (Å²) in [5.74, 6) is -0.747. The van der Waals surface area contributed by atoms with Crippen molar-refractivity contribution in [2.24, 2.45) is 0 Å². The van der Waals surface area contributed by atoms with Gasteiger partial charge in [-0.3, -0.25) is 9.59 Å². The number of halogens is 2. The zero-order valence-corrected chi connectivity index (χ0v) is 17.2. The van der Waals surface area contributed by atoms with Crippen LogP contribution in [-0.4, -0.2) is 30.6 Å². The van der Waals surface area contributed by atoms with Crippen molar-refractivity contribution in [1.82, 2.24) is 0 Å². The van der Waals surface area contributed by atoms with Crippen LogP contribution in [-0.2, 0) is 4.79 Å². The van der Waals surface area contributed by atoms with Gasteiger partial charge in [0.2, 0.25) is 0 Å². The first-order chi connectivity index (χ1) is 13.9. The monoisotopic (exact) mass is 431 g/mol. The Hall–Kier alpha value is -2.76. The number of amides is 1. The minimum Gasteiger partial charge on any atom is -0.495 e. The molecule has 0 aliphatic heterocycles. The molecule has 7 heteroatoms. The van der Waals surface area contributed by atoms with Crippen LogP contribution in [0.15, 0.2) is 54.6 Å². The largest absolute Gasteiger partial charge is 0.495 e. The average molecular weight is 432 g/mol. The summed E-state index contributed by atoms with van der Waals surface area (Å²) < 4.78 is 5.53. The van der Waals surface area contributed by atoms with Crippen molar-refractivity contribution in [1.29, 1.82) is 0 Å². The highest BCUT2D eigenvalue weighted by Crippen LogP contribution is 2.37. The Labute approximate surface area is 178 Å². The van der Waals surface area contributed by atoms with Crippen LogP contribution in [0.25, 0.3) is 10.8 Å². The van der Waals surface area contributed by atoms with Gasteiger partial charge in [0.1, 0.15) is 5.75 Å². The van der Waals surface area contributed by atoms with E-state index in [9.17, 15) is 9.59 Å². The lowest BCUT2D eigenvalue weighted by molar-refractivity contribution is -0.137. The van der Waals surface area contributed by atoms with Gasteiger partial charge in [0.25, 0.3) is 5.91 Å². The molecule has 0 saturated carbocycles. The second kappa shape index (κ2) is 9.16. The molecule has 3 rings (SSSR count). The van der Waals surface area contributed by atoms with Crippen LogP contribution >= 0.6 is 23.2 Å². The number of nitrogens with zero attached hydrogens (tertiary/aromatic N) is 1. The van der Waals surface area contributed by atoms with Crippen LogP contribution < -0.4 is 9.64 Å². The van der Waals surface area contributed by atoms with Gasteiger partial charge in [-0.1, -0.05) is 53.5 Å². The summed E-state index contributed by atoms with van der Waals surface area (Å²) in [4.78, 5) is 26.0. The van der Waals surface area contributed by atoms with Crippen LogP contribution in [0.3, 0.4) is 0 Å². The maximum atomic E-state index is 13.4. The molecule has 29 heavy (non-hydrogen) atoms. The van der Waals surface area contributed by atoms with E-state index in [1.807, 2.05) is 30.3 Å². The lowest BCUT2D eigenvalue weighted by Gasteiger charge is -2.26. The second-order valence-corrected chi connectivity index (χ2v) is 7.32. The SMILES string of the molecule is COc1ccc2ccccc2c1N(CCCC(=O)O)C(=O)c1cc(Cl)cc(Cl)c1. The zero-order valence-electron chi connectivity index (χ0n) is 15.7. The first kappa shape index (κ1) is 21.0. The van der Waals surface area contributed by atoms with Crippen molar-refractivity contribution < 1.29 is 19.4 Å². The molecule has 0 radical (unpaired) electrons. The standard InChI is InChI=1S/C22H19Cl2NO4/c1-29-19-9-8-14-5-2-3-6-18(14)21(19)25(10-4-7-20(26)27)22(28)15-11-16(23)13-17(24)12-15/h2-3,5-6,8-9,11-13H,4,7,10H2,1H3,(H,26,27). The Morgan fingerprint density at radius 2 is 1.72 bits per heavy atom. The summed E-state index contributed by atoms with van der Waals surface area (Å²) in [7, 11) is 1.53. The molecule has 1 amide bonds. The summed E-state index contributed by atoms with van der Waals surface area (Å²) in [6.07, 6.45) is 0.217. The van der Waals surface area contributed by atoms with E-state index in [-0.39, 0.29) is 25.3 Å². The molecular formula is C22H19Cl2NO4. The van der Waals surface area contributed by atoms with Crippen LogP contribution in [0.1, 0.15) is 23.2 Å². The van der Waals surface area contributed by atoms with E-state index in [0.29, 0.717) is 27.0 Å². The molecule has 3 aromatic carbocycles. The van der Waals surface area contributed by atoms with Crippen molar-refractivity contribution in [2.75, 3.05) is 18.6 Å². The maximum absolute atomic E-state index is 13.4. The van der Waals surface area contributed by atoms with Gasteiger partial charge in [-0.25, -0.2) is 0 Å². The summed E-state index contributed by atoms with van der Waals surface area (Å²) >= 11 is 12.2. The van der Waals surface area contributed by atoms with Gasteiger partial charge in [-0.2, -0.15) is 0 Å². The first-order valence-corrected chi connectivity index (χ1v) is 9.72. The number of fused-ring (bicyclic) bond motifs is 1. The predicted octanol–water partition coefficient (Wildman–Crippen LogP) is 5.67. The number of hydrogen-bond donors (Lipinski definition) is 1. The highest BCUT2D eigenvalue weighted by molar-refractivity contribution is 6.35. The Kier molecular flexibility index (Phi) is 6.62. The topological polar surface area (TPSA) is 66.8 Å². The average Bonchev–Trinajstić information content (AvgIpc) is 2.69. The minimum atomic E-state index is -0.923. The van der Waals surface area contributed by atoms with Crippen LogP contribution in [0.4, 0.5) is 5.69 Å². The fourth-order valence-electron chi connectivity index (χ4n) is 3.21. The number of hydrogen-bond acceptors (Lipinski definition) is 3. The van der Waals surface area contributed by atoms with Crippen molar-refractivity contribution in [3.8, 4) is 5.75 Å². The van der Waals surface area contributed by atoms with Gasteiger partial charge >= 0.3 is 5.97 Å². The van der Waals surface area contributed by atoms with Gasteiger partial charge in [0, 0.05) is 34.0 Å². The molecule has 5 nitrogen and oxygen atoms in total. The molecule has 0 spiro atoms. The molecule has 0 heterocycles. The third-order valence-electron chi connectivity index (χ3n) is 4.48. The first-order valence-electron chi connectivity index (χ1n) is 8.96. The number of carbonyl (C=O) groups is 2. The molecule has 0 atom stereocenters. The lowest BCUT2D eigenvalue weighted by Crippen LogP contribution is -2.33. The molecular weight excluding hydrogens is 413 g/mol. The number of carboxylic acids is 1. The predicted molar refractivity (Wildman–Crippen MR) is 116 cm³/mol. The molecule has 0 aliphatic carbocycles. The van der Waals surface area contributed by atoms with Gasteiger partial charge in [-0.15, -0.1) is 0 Å². The quantitative estimate of drug-likeness (QED) is 0.523. The minimum absolute atomic E-state index is 0.0623. The molecule has 0 fully saturated rings. The van der Waals surface area contributed by atoms with E-state index >= 15 is 0 Å². The summed E-state index contributed by atoms with van der Waals surface area (Å²) in [5, 5.41) is 11.5. The molecule has 0 saturated heterocycles. The summed E-state index contributed by atoms with van der Waals surface area (Å²) in [6.45, 7) is 0.194. The summed E-state index contributed by atoms with van der Waals surface area (Å²) in [5.41, 5.74) is 0.893. The van der Waals surface area contributed by atoms with Crippen LogP contribution in [0.2, 0.25) is 10.0 Å². The van der Waals surface area contributed by atoms with Crippen LogP contribution in [0.5, 0.6) is 5.75 Å². The molecule has 0 bridgehead atoms. The third kappa shape index (κ3) is 4.81. The van der Waals surface area contributed by atoms with Gasteiger partial charge < -0.3 is 14.7 Å². The van der Waals surface area contributed by atoms with E-state index in [2.05, 4.69) is 0 Å². The Bertz CT molecular complexity index is 1050. The Balaban J connectivity index is 2.14. The second-order valence-electron chi connectivity index (χ2n) is 6.45. The number of aliphatic carboxylic acids is 1. The van der Waals surface area contributed by atoms with Crippen molar-refractivity contribution in [2.45, 2.75) is 12.8 Å². The molecule has 0 aliphatic rings. The number of benzene rings is 3. The molecule has 1 N–H and O–H groups in total. The maximum Gasteiger partial charge on any atom is 0.303 e. The number of ether oxygens (including phenoxy) is 1. The molecule has 0 unspecified atom stereocenters. The highest BCUT2D eigenvalue weighted by Gasteiger charge is 2.24. The fraction of sp³-hybridized carbons (Fsp3) is 0.182. The number of carboxylic acid groups (broad SMARTS) is 1. The number of anilines is 1. The number of methoxy groups -OCH3 is 1. The fourth-order valence-corrected chi connectivity index (χ4v) is 3.74. The van der Waals surface area contributed by atoms with Gasteiger partial charge in [-0.05, 0) is 36.1 Å². The zero-order chi connectivity index (χ0) is 21.0. The lowest BCUT2D eigenvalue weighted by atomic mass is 10.1. The molecule has 3 aromatic rings. The highest BCUT2D eigenvalue weighted by atomic mass is 35.5. The summed E-state index contributed by atoms with van der Waals surface area (Å²) in [6, 6.07) is 16.0. The van der Waals surface area contributed by atoms with E-state index in [4.69, 9.17) is 33.0 Å². The van der Waals surface area contributed by atoms with E-state index in [1.54, 1.807) is 12.1 Å². The Morgan fingerprint density at radius 1 is 1.03 bits per heavy atom. The van der Waals surface area contributed by atoms with Crippen molar-refractivity contribution in [3.05, 3.63) is 70.2 Å². The molecule has 0 aromatic heterocycles. The van der Waals surface area contributed by atoms with Gasteiger partial charge in [0.05, 0.1) is 12.8 Å². The smallest absolute Gasteiger partial charge is 0.303 e. The van der Waals surface area contributed by atoms with Crippen molar-refractivity contribution >= 4 is 51.5 Å². The van der Waals surface area contributed by atoms with E-state index in [0.717, 1.165) is 10.8 Å². The molecule has 150 valence electrons.